The minimum absolute atomic E-state index is 0.0668. The number of hydrogen-bond donors (Lipinski definition) is 0. The smallest absolute Gasteiger partial charge is 0.132 e. The van der Waals surface area contributed by atoms with Crippen LogP contribution in [0.4, 0.5) is 4.39 Å². The predicted molar refractivity (Wildman–Crippen MR) is 104 cm³/mol. The largest absolute Gasteiger partial charge is 0.276 e. The van der Waals surface area contributed by atoms with Gasteiger partial charge in [-0.3, -0.25) is 14.7 Å². The van der Waals surface area contributed by atoms with Crippen molar-refractivity contribution in [3.63, 3.8) is 0 Å². The summed E-state index contributed by atoms with van der Waals surface area (Å²) in [5.74, 6) is -0.282. The maximum atomic E-state index is 13.9. The van der Waals surface area contributed by atoms with E-state index in [1.165, 1.54) is 12.3 Å². The molecule has 4 heterocycles. The molecule has 4 aliphatic heterocycles. The van der Waals surface area contributed by atoms with Crippen LogP contribution in [0.2, 0.25) is 0 Å². The second-order valence-electron chi connectivity index (χ2n) is 7.77. The highest BCUT2D eigenvalue weighted by Crippen LogP contribution is 2.38. The van der Waals surface area contributed by atoms with E-state index in [0.29, 0.717) is 5.56 Å². The van der Waals surface area contributed by atoms with Gasteiger partial charge in [-0.15, -0.1) is 0 Å². The first-order chi connectivity index (χ1) is 13.2. The molecule has 6 rings (SSSR count). The first kappa shape index (κ1) is 16.7. The van der Waals surface area contributed by atoms with Crippen molar-refractivity contribution < 1.29 is 4.39 Å². The lowest BCUT2D eigenvalue weighted by Crippen LogP contribution is -2.74. The number of halogens is 1. The van der Waals surface area contributed by atoms with Gasteiger partial charge in [-0.05, 0) is 11.6 Å². The summed E-state index contributed by atoms with van der Waals surface area (Å²) in [5.41, 5.74) is 2.47. The van der Waals surface area contributed by atoms with Crippen LogP contribution in [-0.2, 0) is 0 Å². The zero-order valence-electron chi connectivity index (χ0n) is 15.1. The molecule has 27 heavy (non-hydrogen) atoms. The van der Waals surface area contributed by atoms with Gasteiger partial charge in [0.2, 0.25) is 0 Å². The van der Waals surface area contributed by atoms with Crippen molar-refractivity contribution in [2.24, 2.45) is 15.6 Å². The highest BCUT2D eigenvalue weighted by molar-refractivity contribution is 6.05. The Morgan fingerprint density at radius 2 is 1.44 bits per heavy atom. The van der Waals surface area contributed by atoms with Gasteiger partial charge in [0.1, 0.15) is 5.82 Å². The molecule has 0 unspecified atom stereocenters. The van der Waals surface area contributed by atoms with Gasteiger partial charge in [-0.1, -0.05) is 48.5 Å². The average molecular weight is 363 g/mol. The normalized spacial score (nSPS) is 32.3. The minimum atomic E-state index is -0.282. The van der Waals surface area contributed by atoms with Gasteiger partial charge in [-0.25, -0.2) is 4.39 Å². The summed E-state index contributed by atoms with van der Waals surface area (Å²) in [6.45, 7) is 6.05. The van der Waals surface area contributed by atoms with E-state index in [0.717, 1.165) is 50.9 Å². The van der Waals surface area contributed by atoms with E-state index in [9.17, 15) is 4.39 Å². The molecule has 4 bridgehead atoms. The topological polar surface area (TPSA) is 34.4 Å². The second-order valence-corrected chi connectivity index (χ2v) is 7.77. The summed E-state index contributed by atoms with van der Waals surface area (Å²) >= 11 is 0. The Labute approximate surface area is 158 Å². The summed E-state index contributed by atoms with van der Waals surface area (Å²) < 4.78 is 13.9. The predicted octanol–water partition coefficient (Wildman–Crippen LogP) is 2.45. The summed E-state index contributed by atoms with van der Waals surface area (Å²) in [6.07, 6.45) is 1.51. The van der Waals surface area contributed by atoms with Crippen LogP contribution in [0.25, 0.3) is 0 Å². The zero-order chi connectivity index (χ0) is 18.3. The Morgan fingerprint density at radius 1 is 0.852 bits per heavy atom. The summed E-state index contributed by atoms with van der Waals surface area (Å²) in [6, 6.07) is 16.9. The van der Waals surface area contributed by atoms with Crippen LogP contribution in [0.1, 0.15) is 11.1 Å². The summed E-state index contributed by atoms with van der Waals surface area (Å²) in [4.78, 5) is 7.40. The number of rotatable bonds is 4. The second kappa shape index (κ2) is 6.64. The first-order valence-corrected chi connectivity index (χ1v) is 9.30. The summed E-state index contributed by atoms with van der Waals surface area (Å²) in [5, 5.41) is 8.96. The SMILES string of the molecule is Fc1ccccc1/C=N/N=C(c1ccccc1)C12CN3CN(CN(C3)C1)C2. The number of nitrogens with zero attached hydrogens (tertiary/aromatic N) is 5. The Kier molecular flexibility index (Phi) is 4.11. The van der Waals surface area contributed by atoms with Crippen LogP contribution in [0.3, 0.4) is 0 Å². The van der Waals surface area contributed by atoms with Gasteiger partial charge in [0.25, 0.3) is 0 Å². The van der Waals surface area contributed by atoms with E-state index < -0.39 is 0 Å². The van der Waals surface area contributed by atoms with E-state index in [2.05, 4.69) is 37.0 Å². The van der Waals surface area contributed by atoms with Crippen molar-refractivity contribution in [2.45, 2.75) is 0 Å². The van der Waals surface area contributed by atoms with E-state index >= 15 is 0 Å². The number of hydrogen-bond acceptors (Lipinski definition) is 5. The number of benzene rings is 2. The van der Waals surface area contributed by atoms with Gasteiger partial charge < -0.3 is 0 Å². The highest BCUT2D eigenvalue weighted by Gasteiger charge is 2.51. The summed E-state index contributed by atoms with van der Waals surface area (Å²) in [7, 11) is 0. The highest BCUT2D eigenvalue weighted by atomic mass is 19.1. The Balaban J connectivity index is 1.53. The molecule has 0 radical (unpaired) electrons. The minimum Gasteiger partial charge on any atom is -0.276 e. The molecule has 5 nitrogen and oxygen atoms in total. The quantitative estimate of drug-likeness (QED) is 0.618. The van der Waals surface area contributed by atoms with Crippen molar-refractivity contribution in [1.82, 2.24) is 14.7 Å². The molecule has 0 aliphatic carbocycles. The Hall–Kier alpha value is -2.41. The van der Waals surface area contributed by atoms with Crippen LogP contribution in [-0.4, -0.2) is 66.3 Å². The van der Waals surface area contributed by atoms with Gasteiger partial charge >= 0.3 is 0 Å². The Morgan fingerprint density at radius 3 is 2.07 bits per heavy atom. The molecular formula is C21H22FN5. The van der Waals surface area contributed by atoms with E-state index in [1.54, 1.807) is 18.2 Å². The van der Waals surface area contributed by atoms with Gasteiger partial charge in [0, 0.05) is 25.2 Å². The van der Waals surface area contributed by atoms with Crippen LogP contribution in [0, 0.1) is 11.2 Å². The third kappa shape index (κ3) is 3.10. The lowest BCUT2D eigenvalue weighted by Gasteiger charge is -2.60. The maximum absolute atomic E-state index is 13.9. The van der Waals surface area contributed by atoms with Crippen molar-refractivity contribution in [1.29, 1.82) is 0 Å². The van der Waals surface area contributed by atoms with Crippen LogP contribution in [0.5, 0.6) is 0 Å². The van der Waals surface area contributed by atoms with Crippen LogP contribution >= 0.6 is 0 Å². The molecule has 4 saturated heterocycles. The zero-order valence-corrected chi connectivity index (χ0v) is 15.1. The van der Waals surface area contributed by atoms with Gasteiger partial charge in [-0.2, -0.15) is 10.2 Å². The van der Waals surface area contributed by atoms with E-state index in [-0.39, 0.29) is 11.2 Å². The molecule has 0 amide bonds. The molecule has 2 aromatic rings. The molecule has 0 atom stereocenters. The van der Waals surface area contributed by atoms with Crippen LogP contribution < -0.4 is 0 Å². The maximum Gasteiger partial charge on any atom is 0.132 e. The van der Waals surface area contributed by atoms with Crippen LogP contribution in [0.15, 0.2) is 64.8 Å². The lowest BCUT2D eigenvalue weighted by atomic mass is 9.74. The molecule has 138 valence electrons. The molecule has 0 saturated carbocycles. The third-order valence-electron chi connectivity index (χ3n) is 5.59. The molecule has 6 heteroatoms. The van der Waals surface area contributed by atoms with E-state index in [4.69, 9.17) is 0 Å². The van der Waals surface area contributed by atoms with Crippen molar-refractivity contribution in [3.05, 3.63) is 71.5 Å². The third-order valence-corrected chi connectivity index (χ3v) is 5.59. The molecular weight excluding hydrogens is 341 g/mol. The van der Waals surface area contributed by atoms with Gasteiger partial charge in [0.05, 0.1) is 37.3 Å². The fraction of sp³-hybridized carbons (Fsp3) is 0.333. The molecule has 0 aromatic heterocycles. The molecule has 2 aromatic carbocycles. The first-order valence-electron chi connectivity index (χ1n) is 9.30. The molecule has 0 spiro atoms. The fourth-order valence-electron chi connectivity index (χ4n) is 4.74. The monoisotopic (exact) mass is 363 g/mol. The molecule has 0 N–H and O–H groups in total. The average Bonchev–Trinajstić information content (AvgIpc) is 2.66. The fourth-order valence-corrected chi connectivity index (χ4v) is 4.74. The standard InChI is InChI=1S/C21H22FN5/c22-19-9-5-4-8-18(19)10-23-24-20(17-6-2-1-3-7-17)21-11-25-14-26(12-21)16-27(13-21)15-25/h1-10H,11-16H2/b23-10+,24-20?. The van der Waals surface area contributed by atoms with Crippen molar-refractivity contribution in [2.75, 3.05) is 39.6 Å². The van der Waals surface area contributed by atoms with Crippen molar-refractivity contribution >= 4 is 11.9 Å². The van der Waals surface area contributed by atoms with Crippen molar-refractivity contribution in [3.8, 4) is 0 Å². The Bertz CT molecular complexity index is 857. The van der Waals surface area contributed by atoms with E-state index in [1.807, 2.05) is 18.2 Å². The molecule has 4 aliphatic rings. The molecule has 4 fully saturated rings. The lowest BCUT2D eigenvalue weighted by molar-refractivity contribution is -0.149. The van der Waals surface area contributed by atoms with Gasteiger partial charge in [0.15, 0.2) is 0 Å².